The molecule has 0 saturated carbocycles. The minimum atomic E-state index is 0. The second-order valence-corrected chi connectivity index (χ2v) is 6.61. The van der Waals surface area contributed by atoms with Gasteiger partial charge >= 0.3 is 26.2 Å². The van der Waals surface area contributed by atoms with E-state index in [9.17, 15) is 0 Å². The number of aryl methyl sites for hydroxylation is 1. The summed E-state index contributed by atoms with van der Waals surface area (Å²) in [6, 6.07) is 21.7. The molecule has 0 fully saturated rings. The minimum absolute atomic E-state index is 0. The van der Waals surface area contributed by atoms with Crippen molar-refractivity contribution in [1.82, 2.24) is 0 Å². The van der Waals surface area contributed by atoms with Gasteiger partial charge in [0.05, 0.1) is 0 Å². The van der Waals surface area contributed by atoms with Crippen LogP contribution in [0.4, 0.5) is 0 Å². The summed E-state index contributed by atoms with van der Waals surface area (Å²) in [7, 11) is 0.754. The predicted molar refractivity (Wildman–Crippen MR) is 99.9 cm³/mol. The molecule has 0 amide bonds. The van der Waals surface area contributed by atoms with E-state index in [4.69, 9.17) is 0 Å². The summed E-state index contributed by atoms with van der Waals surface area (Å²) in [5.41, 5.74) is 1.41. The van der Waals surface area contributed by atoms with Gasteiger partial charge in [-0.2, -0.15) is 6.08 Å². The summed E-state index contributed by atoms with van der Waals surface area (Å²) in [4.78, 5) is 0. The van der Waals surface area contributed by atoms with Gasteiger partial charge < -0.3 is 9.41 Å². The number of allylic oxidation sites excluding steroid dienone is 4. The Morgan fingerprint density at radius 2 is 1.64 bits per heavy atom. The van der Waals surface area contributed by atoms with Gasteiger partial charge in [0.1, 0.15) is 0 Å². The first kappa shape index (κ1) is 23.7. The van der Waals surface area contributed by atoms with E-state index < -0.39 is 0 Å². The molecule has 0 radical (unpaired) electrons. The van der Waals surface area contributed by atoms with E-state index in [1.165, 1.54) is 26.9 Å². The maximum atomic E-state index is 2.99. The molecule has 4 rings (SSSR count). The molecule has 0 aromatic heterocycles. The number of hydrogen-bond acceptors (Lipinski definition) is 0. The summed E-state index contributed by atoms with van der Waals surface area (Å²) in [5, 5.41) is 5.68. The van der Waals surface area contributed by atoms with Gasteiger partial charge in [0.25, 0.3) is 0 Å². The Morgan fingerprint density at radius 1 is 0.960 bits per heavy atom. The average molecular weight is 432 g/mol. The first-order valence-corrected chi connectivity index (χ1v) is 8.53. The van der Waals surface area contributed by atoms with Gasteiger partial charge in [-0.3, -0.25) is 6.08 Å². The molecule has 1 aliphatic carbocycles. The van der Waals surface area contributed by atoms with Gasteiger partial charge in [0.15, 0.2) is 0 Å². The maximum absolute atomic E-state index is 2.99. The molecule has 4 heteroatoms. The quantitative estimate of drug-likeness (QED) is 0.354. The number of benzene rings is 2. The number of halogens is 2. The van der Waals surface area contributed by atoms with E-state index in [0.717, 1.165) is 15.0 Å². The molecule has 3 aromatic rings. The average Bonchev–Trinajstić information content (AvgIpc) is 3.22. The van der Waals surface area contributed by atoms with E-state index in [0.29, 0.717) is 0 Å². The fourth-order valence-electron chi connectivity index (χ4n) is 2.54. The van der Waals surface area contributed by atoms with Crippen LogP contribution in [0.15, 0.2) is 78.9 Å². The standard InChI is InChI=1S/C16H14P.C5H5.2FH.Zr/c1-12-11-13-7-5-6-10-15(13)16(12)17-14-8-3-2-4-9-14;1-2-4-5-3-1;;;/h2-11,17H,1H3;1-3H,4H2;2*1H;/q2*-1;;;+4/p-2. The zero-order valence-electron chi connectivity index (χ0n) is 14.0. The van der Waals surface area contributed by atoms with E-state index in [2.05, 4.69) is 79.7 Å². The van der Waals surface area contributed by atoms with E-state index in [-0.39, 0.29) is 35.6 Å². The molecule has 0 aliphatic heterocycles. The van der Waals surface area contributed by atoms with E-state index >= 15 is 0 Å². The summed E-state index contributed by atoms with van der Waals surface area (Å²) in [6.07, 6.45) is 10.0. The first-order valence-electron chi connectivity index (χ1n) is 7.53. The Bertz CT molecular complexity index is 797. The summed E-state index contributed by atoms with van der Waals surface area (Å²) < 4.78 is 0. The van der Waals surface area contributed by atoms with Gasteiger partial charge in [-0.1, -0.05) is 43.3 Å². The minimum Gasteiger partial charge on any atom is -1.00 e. The van der Waals surface area contributed by atoms with Crippen molar-refractivity contribution in [2.45, 2.75) is 13.3 Å². The Morgan fingerprint density at radius 3 is 2.24 bits per heavy atom. The molecule has 25 heavy (non-hydrogen) atoms. The third kappa shape index (κ3) is 6.50. The monoisotopic (exact) mass is 430 g/mol. The van der Waals surface area contributed by atoms with Crippen molar-refractivity contribution < 1.29 is 35.6 Å². The molecule has 0 N–H and O–H groups in total. The smallest absolute Gasteiger partial charge is 1.00 e. The van der Waals surface area contributed by atoms with Crippen molar-refractivity contribution >= 4 is 30.0 Å². The summed E-state index contributed by atoms with van der Waals surface area (Å²) in [5.74, 6) is 0. The van der Waals surface area contributed by atoms with Crippen LogP contribution in [0.1, 0.15) is 12.0 Å². The van der Waals surface area contributed by atoms with Crippen molar-refractivity contribution in [3.63, 3.8) is 0 Å². The van der Waals surface area contributed by atoms with Crippen LogP contribution in [0.5, 0.6) is 0 Å². The van der Waals surface area contributed by atoms with Crippen LogP contribution >= 0.6 is 8.58 Å². The zero-order chi connectivity index (χ0) is 15.2. The molecule has 0 saturated heterocycles. The third-order valence-corrected chi connectivity index (χ3v) is 5.16. The molecule has 126 valence electrons. The zero-order valence-corrected chi connectivity index (χ0v) is 17.4. The van der Waals surface area contributed by atoms with Crippen molar-refractivity contribution in [2.24, 2.45) is 0 Å². The van der Waals surface area contributed by atoms with Crippen LogP contribution < -0.4 is 20.0 Å². The van der Waals surface area contributed by atoms with Crippen LogP contribution in [0, 0.1) is 13.0 Å². The third-order valence-electron chi connectivity index (χ3n) is 3.63. The molecule has 1 unspecified atom stereocenters. The Labute approximate surface area is 169 Å². The number of fused-ring (bicyclic) bond motifs is 1. The second-order valence-electron chi connectivity index (χ2n) is 5.28. The van der Waals surface area contributed by atoms with E-state index in [1.54, 1.807) is 0 Å². The van der Waals surface area contributed by atoms with Crippen molar-refractivity contribution in [3.05, 3.63) is 90.5 Å². The predicted octanol–water partition coefficient (Wildman–Crippen LogP) is -1.19. The van der Waals surface area contributed by atoms with E-state index in [1.807, 2.05) is 12.2 Å². The fourth-order valence-corrected chi connectivity index (χ4v) is 3.82. The van der Waals surface area contributed by atoms with Crippen LogP contribution in [0.2, 0.25) is 0 Å². The second kappa shape index (κ2) is 12.1. The van der Waals surface area contributed by atoms with Gasteiger partial charge in [-0.25, -0.2) is 12.2 Å². The molecular formula is C21H19F2PZr. The van der Waals surface area contributed by atoms with Gasteiger partial charge in [-0.05, 0) is 5.30 Å². The van der Waals surface area contributed by atoms with Crippen LogP contribution in [-0.2, 0) is 26.2 Å². The normalized spacial score (nSPS) is 11.4. The fraction of sp³-hybridized carbons (Fsp3) is 0.0952. The Hall–Kier alpha value is -1.30. The summed E-state index contributed by atoms with van der Waals surface area (Å²) in [6.45, 7) is 2.21. The topological polar surface area (TPSA) is 0 Å². The first-order chi connectivity index (χ1) is 10.8. The molecule has 1 atom stereocenters. The van der Waals surface area contributed by atoms with Crippen molar-refractivity contribution in [2.75, 3.05) is 0 Å². The Balaban J connectivity index is 0.000000630. The number of hydrogen-bond donors (Lipinski definition) is 0. The van der Waals surface area contributed by atoms with Gasteiger partial charge in [0, 0.05) is 0 Å². The molecule has 0 bridgehead atoms. The number of rotatable bonds is 2. The maximum Gasteiger partial charge on any atom is 4.00 e. The van der Waals surface area contributed by atoms with Crippen LogP contribution in [0.25, 0.3) is 10.8 Å². The summed E-state index contributed by atoms with van der Waals surface area (Å²) >= 11 is 0. The van der Waals surface area contributed by atoms with Crippen LogP contribution in [0.3, 0.4) is 0 Å². The SMILES string of the molecule is Cc1[cH-]c2ccccc2c1Pc1ccccc1.[C-]1=CC=CC1.[F-].[F-].[Zr+4]. The largest absolute Gasteiger partial charge is 4.00 e. The molecule has 0 spiro atoms. The van der Waals surface area contributed by atoms with Crippen molar-refractivity contribution in [1.29, 1.82) is 0 Å². The van der Waals surface area contributed by atoms with Gasteiger partial charge in [0.2, 0.25) is 0 Å². The molecular weight excluding hydrogens is 412 g/mol. The van der Waals surface area contributed by atoms with Crippen molar-refractivity contribution in [3.8, 4) is 0 Å². The molecule has 1 aliphatic rings. The van der Waals surface area contributed by atoms with Crippen LogP contribution in [-0.4, -0.2) is 0 Å². The molecule has 0 nitrogen and oxygen atoms in total. The molecule has 0 heterocycles. The van der Waals surface area contributed by atoms with Gasteiger partial charge in [-0.15, -0.1) is 60.9 Å². The molecule has 3 aromatic carbocycles. The Kier molecular flexibility index (Phi) is 11.5.